The van der Waals surface area contributed by atoms with Crippen molar-refractivity contribution in [1.82, 2.24) is 0 Å². The smallest absolute Gasteiger partial charge is 0.141 e. The molecule has 108 valence electrons. The molecule has 1 unspecified atom stereocenters. The molecule has 2 nitrogen and oxygen atoms in total. The first-order chi connectivity index (χ1) is 8.49. The summed E-state index contributed by atoms with van der Waals surface area (Å²) < 4.78 is 5.87. The monoisotopic (exact) mass is 303 g/mol. The van der Waals surface area contributed by atoms with E-state index in [1.807, 2.05) is 13.0 Å². The van der Waals surface area contributed by atoms with Gasteiger partial charge in [0.05, 0.1) is 11.6 Å². The Labute approximate surface area is 127 Å². The fourth-order valence-corrected chi connectivity index (χ4v) is 2.47. The highest BCUT2D eigenvalue weighted by Crippen LogP contribution is 2.36. The Morgan fingerprint density at radius 1 is 1.37 bits per heavy atom. The first-order valence-electron chi connectivity index (χ1n) is 6.66. The summed E-state index contributed by atoms with van der Waals surface area (Å²) in [6.07, 6.45) is 3.44. The lowest BCUT2D eigenvalue weighted by Gasteiger charge is -2.17. The van der Waals surface area contributed by atoms with Crippen LogP contribution in [0.25, 0.3) is 0 Å². The van der Waals surface area contributed by atoms with Crippen molar-refractivity contribution >= 4 is 24.0 Å². The molecular formula is C15H23Cl2NO. The standard InChI is InChI=1S/C15H22ClNO.ClH/c1-9(17)6-13-7-14(16)15(11(3)10(13)2)18-8-12-4-5-12;/h7,9,12H,4-6,8,17H2,1-3H3;1H. The van der Waals surface area contributed by atoms with Crippen LogP contribution in [-0.2, 0) is 6.42 Å². The van der Waals surface area contributed by atoms with Gasteiger partial charge in [0.15, 0.2) is 0 Å². The van der Waals surface area contributed by atoms with Crippen LogP contribution < -0.4 is 10.5 Å². The third kappa shape index (κ3) is 4.27. The van der Waals surface area contributed by atoms with Crippen molar-refractivity contribution in [2.24, 2.45) is 11.7 Å². The number of ether oxygens (including phenoxy) is 1. The molecule has 19 heavy (non-hydrogen) atoms. The number of nitrogens with two attached hydrogens (primary N) is 1. The van der Waals surface area contributed by atoms with Crippen LogP contribution in [0.2, 0.25) is 5.02 Å². The van der Waals surface area contributed by atoms with E-state index in [0.717, 1.165) is 35.3 Å². The first-order valence-corrected chi connectivity index (χ1v) is 7.03. The third-order valence-electron chi connectivity index (χ3n) is 3.60. The molecule has 0 aliphatic heterocycles. The van der Waals surface area contributed by atoms with Gasteiger partial charge in [-0.2, -0.15) is 0 Å². The highest BCUT2D eigenvalue weighted by Gasteiger charge is 2.23. The van der Waals surface area contributed by atoms with E-state index in [9.17, 15) is 0 Å². The molecule has 1 aliphatic carbocycles. The van der Waals surface area contributed by atoms with Gasteiger partial charge in [0.2, 0.25) is 0 Å². The number of hydrogen-bond acceptors (Lipinski definition) is 2. The molecule has 1 fully saturated rings. The Kier molecular flexibility index (Phi) is 5.97. The van der Waals surface area contributed by atoms with E-state index in [1.165, 1.54) is 24.0 Å². The van der Waals surface area contributed by atoms with Crippen molar-refractivity contribution in [3.8, 4) is 5.75 Å². The molecule has 1 aromatic carbocycles. The summed E-state index contributed by atoms with van der Waals surface area (Å²) in [6.45, 7) is 7.01. The molecule has 0 amide bonds. The summed E-state index contributed by atoms with van der Waals surface area (Å²) in [5.74, 6) is 1.60. The minimum absolute atomic E-state index is 0. The van der Waals surface area contributed by atoms with Gasteiger partial charge in [-0.15, -0.1) is 12.4 Å². The number of halogens is 2. The Morgan fingerprint density at radius 3 is 2.53 bits per heavy atom. The van der Waals surface area contributed by atoms with E-state index < -0.39 is 0 Å². The number of benzene rings is 1. The van der Waals surface area contributed by atoms with Gasteiger partial charge >= 0.3 is 0 Å². The van der Waals surface area contributed by atoms with Crippen LogP contribution in [0.1, 0.15) is 36.5 Å². The maximum atomic E-state index is 6.33. The lowest BCUT2D eigenvalue weighted by Crippen LogP contribution is -2.18. The zero-order valence-corrected chi connectivity index (χ0v) is 13.4. The fraction of sp³-hybridized carbons (Fsp3) is 0.600. The highest BCUT2D eigenvalue weighted by molar-refractivity contribution is 6.32. The molecule has 0 bridgehead atoms. The maximum absolute atomic E-state index is 6.33. The average Bonchev–Trinajstić information content (AvgIpc) is 3.08. The second-order valence-electron chi connectivity index (χ2n) is 5.53. The van der Waals surface area contributed by atoms with Gasteiger partial charge < -0.3 is 10.5 Å². The van der Waals surface area contributed by atoms with E-state index in [-0.39, 0.29) is 18.4 Å². The van der Waals surface area contributed by atoms with Crippen LogP contribution in [-0.4, -0.2) is 12.6 Å². The molecule has 2 rings (SSSR count). The molecule has 0 spiro atoms. The van der Waals surface area contributed by atoms with Crippen LogP contribution in [0.15, 0.2) is 6.07 Å². The van der Waals surface area contributed by atoms with Crippen LogP contribution in [0.4, 0.5) is 0 Å². The van der Waals surface area contributed by atoms with Crippen LogP contribution in [0.3, 0.4) is 0 Å². The number of hydrogen-bond donors (Lipinski definition) is 1. The molecule has 0 radical (unpaired) electrons. The highest BCUT2D eigenvalue weighted by atomic mass is 35.5. The van der Waals surface area contributed by atoms with Gasteiger partial charge in [-0.1, -0.05) is 11.6 Å². The number of rotatable bonds is 5. The second-order valence-corrected chi connectivity index (χ2v) is 5.94. The molecule has 1 aromatic rings. The summed E-state index contributed by atoms with van der Waals surface area (Å²) in [5.41, 5.74) is 9.50. The molecule has 2 N–H and O–H groups in total. The van der Waals surface area contributed by atoms with Crippen molar-refractivity contribution in [3.05, 3.63) is 27.8 Å². The SMILES string of the molecule is Cc1c(CC(C)N)cc(Cl)c(OCC2CC2)c1C.Cl. The molecule has 0 heterocycles. The lowest BCUT2D eigenvalue weighted by atomic mass is 9.97. The zero-order chi connectivity index (χ0) is 13.3. The molecule has 0 saturated heterocycles. The zero-order valence-electron chi connectivity index (χ0n) is 11.8. The predicted molar refractivity (Wildman–Crippen MR) is 83.7 cm³/mol. The van der Waals surface area contributed by atoms with Crippen LogP contribution in [0, 0.1) is 19.8 Å². The third-order valence-corrected chi connectivity index (χ3v) is 3.89. The van der Waals surface area contributed by atoms with Crippen molar-refractivity contribution in [3.63, 3.8) is 0 Å². The normalized spacial score (nSPS) is 15.8. The quantitative estimate of drug-likeness (QED) is 0.890. The van der Waals surface area contributed by atoms with E-state index >= 15 is 0 Å². The summed E-state index contributed by atoms with van der Waals surface area (Å²) >= 11 is 6.33. The van der Waals surface area contributed by atoms with Crippen molar-refractivity contribution in [1.29, 1.82) is 0 Å². The summed E-state index contributed by atoms with van der Waals surface area (Å²) in [7, 11) is 0. The van der Waals surface area contributed by atoms with Crippen LogP contribution in [0.5, 0.6) is 5.75 Å². The van der Waals surface area contributed by atoms with Crippen molar-refractivity contribution < 1.29 is 4.74 Å². The first kappa shape index (κ1) is 16.6. The molecule has 4 heteroatoms. The van der Waals surface area contributed by atoms with E-state index in [2.05, 4.69) is 13.8 Å². The molecule has 0 aromatic heterocycles. The molecule has 1 atom stereocenters. The van der Waals surface area contributed by atoms with Gasteiger partial charge in [-0.05, 0) is 68.7 Å². The minimum Gasteiger partial charge on any atom is -0.491 e. The fourth-order valence-electron chi connectivity index (χ4n) is 2.14. The van der Waals surface area contributed by atoms with Gasteiger partial charge in [-0.25, -0.2) is 0 Å². The molecule has 1 saturated carbocycles. The Bertz CT molecular complexity index is 442. The maximum Gasteiger partial charge on any atom is 0.141 e. The Balaban J connectivity index is 0.00000180. The Morgan fingerprint density at radius 2 is 2.00 bits per heavy atom. The minimum atomic E-state index is 0. The Hall–Kier alpha value is -0.440. The van der Waals surface area contributed by atoms with Gasteiger partial charge in [0.1, 0.15) is 5.75 Å². The largest absolute Gasteiger partial charge is 0.491 e. The predicted octanol–water partition coefficient (Wildman–Crippen LogP) is 4.06. The van der Waals surface area contributed by atoms with Gasteiger partial charge in [0, 0.05) is 6.04 Å². The summed E-state index contributed by atoms with van der Waals surface area (Å²) in [4.78, 5) is 0. The van der Waals surface area contributed by atoms with Gasteiger partial charge in [0.25, 0.3) is 0 Å². The molecular weight excluding hydrogens is 281 g/mol. The van der Waals surface area contributed by atoms with Gasteiger partial charge in [-0.3, -0.25) is 0 Å². The average molecular weight is 304 g/mol. The van der Waals surface area contributed by atoms with E-state index in [0.29, 0.717) is 0 Å². The van der Waals surface area contributed by atoms with E-state index in [1.54, 1.807) is 0 Å². The van der Waals surface area contributed by atoms with Crippen LogP contribution >= 0.6 is 24.0 Å². The summed E-state index contributed by atoms with van der Waals surface area (Å²) in [6, 6.07) is 2.16. The second kappa shape index (κ2) is 6.83. The summed E-state index contributed by atoms with van der Waals surface area (Å²) in [5, 5.41) is 0.717. The molecule has 1 aliphatic rings. The van der Waals surface area contributed by atoms with Crippen molar-refractivity contribution in [2.45, 2.75) is 46.1 Å². The van der Waals surface area contributed by atoms with E-state index in [4.69, 9.17) is 22.1 Å². The lowest BCUT2D eigenvalue weighted by molar-refractivity contribution is 0.297. The van der Waals surface area contributed by atoms with Crippen molar-refractivity contribution in [2.75, 3.05) is 6.61 Å². The topological polar surface area (TPSA) is 35.2 Å².